The van der Waals surface area contributed by atoms with E-state index < -0.39 is 5.54 Å². The predicted octanol–water partition coefficient (Wildman–Crippen LogP) is 1.26. The number of aliphatic hydroxyl groups is 1. The van der Waals surface area contributed by atoms with Crippen molar-refractivity contribution >= 4 is 11.6 Å². The molecule has 1 aromatic carbocycles. The summed E-state index contributed by atoms with van der Waals surface area (Å²) >= 11 is 0. The van der Waals surface area contributed by atoms with Crippen LogP contribution in [0.2, 0.25) is 0 Å². The van der Waals surface area contributed by atoms with E-state index in [0.717, 1.165) is 5.69 Å². The van der Waals surface area contributed by atoms with Crippen molar-refractivity contribution in [1.29, 1.82) is 0 Å². The Hall–Kier alpha value is -1.39. The van der Waals surface area contributed by atoms with Crippen molar-refractivity contribution in [1.82, 2.24) is 0 Å². The SMILES string of the molecule is NC1(C(=O)Nc2ccccc2)CCC(O)CC1. The summed E-state index contributed by atoms with van der Waals surface area (Å²) in [5, 5.41) is 12.2. The molecule has 1 aromatic rings. The number of carbonyl (C=O) groups excluding carboxylic acids is 1. The van der Waals surface area contributed by atoms with Crippen molar-refractivity contribution in [2.24, 2.45) is 5.73 Å². The van der Waals surface area contributed by atoms with E-state index in [9.17, 15) is 9.90 Å². The second-order valence-electron chi connectivity index (χ2n) is 4.71. The highest BCUT2D eigenvalue weighted by molar-refractivity contribution is 5.98. The first-order chi connectivity index (χ1) is 8.10. The zero-order chi connectivity index (χ0) is 12.3. The molecule has 0 saturated heterocycles. The zero-order valence-corrected chi connectivity index (χ0v) is 9.73. The van der Waals surface area contributed by atoms with Gasteiger partial charge in [0.05, 0.1) is 11.6 Å². The molecule has 1 aliphatic carbocycles. The number of anilines is 1. The minimum atomic E-state index is -0.838. The zero-order valence-electron chi connectivity index (χ0n) is 9.73. The van der Waals surface area contributed by atoms with E-state index in [-0.39, 0.29) is 12.0 Å². The Morgan fingerprint density at radius 3 is 2.47 bits per heavy atom. The molecule has 0 bridgehead atoms. The smallest absolute Gasteiger partial charge is 0.244 e. The average molecular weight is 234 g/mol. The van der Waals surface area contributed by atoms with Crippen molar-refractivity contribution in [3.8, 4) is 0 Å². The number of rotatable bonds is 2. The van der Waals surface area contributed by atoms with Crippen LogP contribution in [0.5, 0.6) is 0 Å². The fourth-order valence-corrected chi connectivity index (χ4v) is 2.12. The second kappa shape index (κ2) is 4.85. The van der Waals surface area contributed by atoms with Crippen LogP contribution in [0, 0.1) is 0 Å². The van der Waals surface area contributed by atoms with E-state index in [1.54, 1.807) is 0 Å². The maximum Gasteiger partial charge on any atom is 0.244 e. The van der Waals surface area contributed by atoms with Gasteiger partial charge in [0.2, 0.25) is 5.91 Å². The molecule has 1 amide bonds. The third-order valence-corrected chi connectivity index (χ3v) is 3.33. The van der Waals surface area contributed by atoms with E-state index in [4.69, 9.17) is 5.73 Å². The molecule has 0 aliphatic heterocycles. The van der Waals surface area contributed by atoms with Gasteiger partial charge in [-0.1, -0.05) is 18.2 Å². The monoisotopic (exact) mass is 234 g/mol. The number of nitrogens with two attached hydrogens (primary N) is 1. The number of nitrogens with one attached hydrogen (secondary N) is 1. The second-order valence-corrected chi connectivity index (χ2v) is 4.71. The lowest BCUT2D eigenvalue weighted by Crippen LogP contribution is -2.53. The highest BCUT2D eigenvalue weighted by Gasteiger charge is 2.37. The van der Waals surface area contributed by atoms with Gasteiger partial charge in [-0.15, -0.1) is 0 Å². The maximum absolute atomic E-state index is 12.1. The van der Waals surface area contributed by atoms with Gasteiger partial charge in [0, 0.05) is 5.69 Å². The first-order valence-electron chi connectivity index (χ1n) is 5.94. The predicted molar refractivity (Wildman–Crippen MR) is 66.5 cm³/mol. The van der Waals surface area contributed by atoms with Crippen LogP contribution >= 0.6 is 0 Å². The summed E-state index contributed by atoms with van der Waals surface area (Å²) in [7, 11) is 0. The highest BCUT2D eigenvalue weighted by Crippen LogP contribution is 2.27. The third kappa shape index (κ3) is 2.84. The Kier molecular flexibility index (Phi) is 3.45. The molecular formula is C13H18N2O2. The van der Waals surface area contributed by atoms with Crippen molar-refractivity contribution in [3.05, 3.63) is 30.3 Å². The van der Waals surface area contributed by atoms with Gasteiger partial charge in [0.1, 0.15) is 0 Å². The van der Waals surface area contributed by atoms with Gasteiger partial charge in [-0.2, -0.15) is 0 Å². The van der Waals surface area contributed by atoms with E-state index >= 15 is 0 Å². The summed E-state index contributed by atoms with van der Waals surface area (Å²) in [5.41, 5.74) is 6.01. The van der Waals surface area contributed by atoms with Crippen LogP contribution in [0.1, 0.15) is 25.7 Å². The molecule has 0 spiro atoms. The van der Waals surface area contributed by atoms with Crippen LogP contribution in [0.25, 0.3) is 0 Å². The van der Waals surface area contributed by atoms with Crippen molar-refractivity contribution in [3.63, 3.8) is 0 Å². The van der Waals surface area contributed by atoms with E-state index in [2.05, 4.69) is 5.32 Å². The lowest BCUT2D eigenvalue weighted by atomic mass is 9.80. The van der Waals surface area contributed by atoms with Gasteiger partial charge in [-0.3, -0.25) is 4.79 Å². The fraction of sp³-hybridized carbons (Fsp3) is 0.462. The summed E-state index contributed by atoms with van der Waals surface area (Å²) in [6.45, 7) is 0. The molecule has 1 aliphatic rings. The molecule has 2 rings (SSSR count). The molecule has 17 heavy (non-hydrogen) atoms. The summed E-state index contributed by atoms with van der Waals surface area (Å²) in [4.78, 5) is 12.1. The molecule has 1 fully saturated rings. The Labute approximate surface area is 101 Å². The Balaban J connectivity index is 2.00. The highest BCUT2D eigenvalue weighted by atomic mass is 16.3. The summed E-state index contributed by atoms with van der Waals surface area (Å²) in [6.07, 6.45) is 1.95. The quantitative estimate of drug-likeness (QED) is 0.721. The normalized spacial score (nSPS) is 28.7. The number of amides is 1. The molecule has 4 nitrogen and oxygen atoms in total. The molecular weight excluding hydrogens is 216 g/mol. The standard InChI is InChI=1S/C13H18N2O2/c14-13(8-6-11(16)7-9-13)12(17)15-10-4-2-1-3-5-10/h1-5,11,16H,6-9,14H2,(H,15,17). The van der Waals surface area contributed by atoms with E-state index in [1.165, 1.54) is 0 Å². The van der Waals surface area contributed by atoms with Crippen molar-refractivity contribution in [2.45, 2.75) is 37.3 Å². The van der Waals surface area contributed by atoms with Crippen LogP contribution in [0.4, 0.5) is 5.69 Å². The number of hydrogen-bond donors (Lipinski definition) is 3. The average Bonchev–Trinajstić information content (AvgIpc) is 2.34. The Bertz CT molecular complexity index is 384. The Morgan fingerprint density at radius 1 is 1.29 bits per heavy atom. The molecule has 0 heterocycles. The lowest BCUT2D eigenvalue weighted by molar-refractivity contribution is -0.123. The molecule has 1 saturated carbocycles. The maximum atomic E-state index is 12.1. The van der Waals surface area contributed by atoms with Crippen LogP contribution < -0.4 is 11.1 Å². The van der Waals surface area contributed by atoms with Gasteiger partial charge in [-0.05, 0) is 37.8 Å². The molecule has 4 heteroatoms. The lowest BCUT2D eigenvalue weighted by Gasteiger charge is -2.34. The van der Waals surface area contributed by atoms with Crippen molar-refractivity contribution < 1.29 is 9.90 Å². The fourth-order valence-electron chi connectivity index (χ4n) is 2.12. The first kappa shape index (κ1) is 12.1. The minimum absolute atomic E-state index is 0.157. The Morgan fingerprint density at radius 2 is 1.88 bits per heavy atom. The molecule has 0 unspecified atom stereocenters. The van der Waals surface area contributed by atoms with E-state index in [1.807, 2.05) is 30.3 Å². The van der Waals surface area contributed by atoms with Crippen molar-refractivity contribution in [2.75, 3.05) is 5.32 Å². The van der Waals surface area contributed by atoms with Gasteiger partial charge >= 0.3 is 0 Å². The van der Waals surface area contributed by atoms with Crippen LogP contribution in [-0.2, 0) is 4.79 Å². The molecule has 0 radical (unpaired) electrons. The van der Waals surface area contributed by atoms with Crippen LogP contribution in [0.3, 0.4) is 0 Å². The van der Waals surface area contributed by atoms with Crippen LogP contribution in [0.15, 0.2) is 30.3 Å². The summed E-state index contributed by atoms with van der Waals surface area (Å²) in [5.74, 6) is -0.157. The summed E-state index contributed by atoms with van der Waals surface area (Å²) < 4.78 is 0. The van der Waals surface area contributed by atoms with Crippen LogP contribution in [-0.4, -0.2) is 22.7 Å². The number of aliphatic hydroxyl groups excluding tert-OH is 1. The third-order valence-electron chi connectivity index (χ3n) is 3.33. The number of hydrogen-bond acceptors (Lipinski definition) is 3. The molecule has 4 N–H and O–H groups in total. The van der Waals surface area contributed by atoms with Gasteiger partial charge in [-0.25, -0.2) is 0 Å². The van der Waals surface area contributed by atoms with E-state index in [0.29, 0.717) is 25.7 Å². The number of carbonyl (C=O) groups is 1. The molecule has 0 atom stereocenters. The van der Waals surface area contributed by atoms with Gasteiger partial charge in [0.25, 0.3) is 0 Å². The van der Waals surface area contributed by atoms with Gasteiger partial charge < -0.3 is 16.2 Å². The molecule has 92 valence electrons. The van der Waals surface area contributed by atoms with Gasteiger partial charge in [0.15, 0.2) is 0 Å². The largest absolute Gasteiger partial charge is 0.393 e. The number of benzene rings is 1. The summed E-state index contributed by atoms with van der Waals surface area (Å²) in [6, 6.07) is 9.29. The molecule has 0 aromatic heterocycles. The first-order valence-corrected chi connectivity index (χ1v) is 5.94. The minimum Gasteiger partial charge on any atom is -0.393 e. The topological polar surface area (TPSA) is 75.4 Å². The number of para-hydroxylation sites is 1.